The van der Waals surface area contributed by atoms with E-state index in [1.807, 2.05) is 18.2 Å². The van der Waals surface area contributed by atoms with E-state index in [1.54, 1.807) is 12.1 Å². The molecule has 0 amide bonds. The van der Waals surface area contributed by atoms with E-state index in [-0.39, 0.29) is 11.6 Å². The molecule has 0 fully saturated rings. The number of benzene rings is 2. The van der Waals surface area contributed by atoms with E-state index in [9.17, 15) is 14.6 Å². The molecule has 0 aromatic heterocycles. The van der Waals surface area contributed by atoms with Crippen molar-refractivity contribution in [1.29, 1.82) is 0 Å². The lowest BCUT2D eigenvalue weighted by atomic mass is 10.0. The van der Waals surface area contributed by atoms with Gasteiger partial charge in [0.15, 0.2) is 0 Å². The molecule has 4 heteroatoms. The van der Waals surface area contributed by atoms with Gasteiger partial charge < -0.3 is 15.1 Å². The van der Waals surface area contributed by atoms with Crippen LogP contribution in [0.25, 0.3) is 0 Å². The number of aromatic hydroxyl groups is 1. The van der Waals surface area contributed by atoms with Gasteiger partial charge in [-0.1, -0.05) is 18.2 Å². The molecule has 2 aromatic rings. The maximum absolute atomic E-state index is 12.9. The number of phenolic OH excluding ortho intramolecular Hbond substituents is 1. The smallest absolute Gasteiger partial charge is 0.123 e. The highest BCUT2D eigenvalue weighted by atomic mass is 19.1. The summed E-state index contributed by atoms with van der Waals surface area (Å²) >= 11 is 0. The number of halogens is 1. The molecule has 0 bridgehead atoms. The van der Waals surface area contributed by atoms with Crippen LogP contribution in [0.5, 0.6) is 5.75 Å². The highest BCUT2D eigenvalue weighted by Crippen LogP contribution is 2.26. The minimum Gasteiger partial charge on any atom is -0.508 e. The van der Waals surface area contributed by atoms with Crippen LogP contribution in [0.2, 0.25) is 0 Å². The Morgan fingerprint density at radius 2 is 1.88 bits per heavy atom. The number of unbranched alkanes of at least 4 members (excludes halogenated alkanes) is 1. The van der Waals surface area contributed by atoms with Crippen molar-refractivity contribution in [3.8, 4) is 5.75 Å². The van der Waals surface area contributed by atoms with E-state index in [2.05, 4.69) is 4.90 Å². The largest absolute Gasteiger partial charge is 0.508 e. The number of nitrogens with zero attached hydrogens (tertiary/aromatic N) is 1. The van der Waals surface area contributed by atoms with Gasteiger partial charge in [0.2, 0.25) is 0 Å². The number of rotatable bonds is 5. The molecule has 0 spiro atoms. The van der Waals surface area contributed by atoms with Crippen LogP contribution in [0.3, 0.4) is 0 Å². The molecule has 3 nitrogen and oxygen atoms in total. The quantitative estimate of drug-likeness (QED) is 0.826. The van der Waals surface area contributed by atoms with Crippen molar-refractivity contribution >= 4 is 0 Å². The minimum absolute atomic E-state index is 0.192. The highest BCUT2D eigenvalue weighted by Gasteiger charge is 2.21. The maximum atomic E-state index is 12.9. The number of β-amino-alcohol motifs (C(OH)–C–C–N with tert-alkyl or cyclic N) is 1. The van der Waals surface area contributed by atoms with Gasteiger partial charge in [0.1, 0.15) is 11.6 Å². The van der Waals surface area contributed by atoms with Gasteiger partial charge >= 0.3 is 0 Å². The van der Waals surface area contributed by atoms with Gasteiger partial charge in [0.05, 0.1) is 6.10 Å². The number of aryl methyl sites for hydroxylation is 1. The molecule has 1 aliphatic rings. The average molecular weight is 329 g/mol. The molecule has 0 radical (unpaired) electrons. The summed E-state index contributed by atoms with van der Waals surface area (Å²) in [7, 11) is 0. The maximum Gasteiger partial charge on any atom is 0.123 e. The molecule has 128 valence electrons. The van der Waals surface area contributed by atoms with E-state index < -0.39 is 6.10 Å². The first-order valence-electron chi connectivity index (χ1n) is 8.58. The van der Waals surface area contributed by atoms with Crippen LogP contribution in [0.4, 0.5) is 4.39 Å². The number of phenols is 1. The fourth-order valence-electron chi connectivity index (χ4n) is 3.37. The predicted octanol–water partition coefficient (Wildman–Crippen LogP) is 3.45. The first-order chi connectivity index (χ1) is 11.6. The van der Waals surface area contributed by atoms with E-state index in [0.717, 1.165) is 55.5 Å². The molecule has 1 aliphatic heterocycles. The van der Waals surface area contributed by atoms with E-state index in [4.69, 9.17) is 0 Å². The van der Waals surface area contributed by atoms with E-state index >= 15 is 0 Å². The van der Waals surface area contributed by atoms with Crippen molar-refractivity contribution in [2.75, 3.05) is 19.6 Å². The standard InChI is InChI=1S/C20H24FNO2/c21-17-6-4-15(5-7-17)3-1-2-11-22-12-10-16-13-18(23)8-9-19(16)20(24)14-22/h4-9,13,20,23-24H,1-3,10-12,14H2. The zero-order chi connectivity index (χ0) is 16.9. The summed E-state index contributed by atoms with van der Waals surface area (Å²) in [5.74, 6) is 0.0663. The van der Waals surface area contributed by atoms with Crippen LogP contribution in [0.15, 0.2) is 42.5 Å². The highest BCUT2D eigenvalue weighted by molar-refractivity contribution is 5.37. The monoisotopic (exact) mass is 329 g/mol. The third-order valence-electron chi connectivity index (χ3n) is 4.72. The van der Waals surface area contributed by atoms with Gasteiger partial charge in [-0.25, -0.2) is 4.39 Å². The summed E-state index contributed by atoms with van der Waals surface area (Å²) in [5.41, 5.74) is 3.13. The molecule has 1 heterocycles. The van der Waals surface area contributed by atoms with Gasteiger partial charge in [0.25, 0.3) is 0 Å². The molecule has 1 unspecified atom stereocenters. The number of fused-ring (bicyclic) bond motifs is 1. The second-order valence-electron chi connectivity index (χ2n) is 6.53. The average Bonchev–Trinajstić information content (AvgIpc) is 2.72. The second kappa shape index (κ2) is 7.77. The van der Waals surface area contributed by atoms with Crippen molar-refractivity contribution in [1.82, 2.24) is 4.90 Å². The predicted molar refractivity (Wildman–Crippen MR) is 92.5 cm³/mol. The Labute approximate surface area is 142 Å². The molecule has 0 saturated heterocycles. The number of aliphatic hydroxyl groups excluding tert-OH is 1. The van der Waals surface area contributed by atoms with Crippen LogP contribution in [-0.4, -0.2) is 34.7 Å². The van der Waals surface area contributed by atoms with Crippen LogP contribution < -0.4 is 0 Å². The molecule has 0 saturated carbocycles. The Bertz CT molecular complexity index is 672. The molecule has 2 N–H and O–H groups in total. The summed E-state index contributed by atoms with van der Waals surface area (Å²) in [6, 6.07) is 11.9. The normalized spacial score (nSPS) is 18.2. The first-order valence-corrected chi connectivity index (χ1v) is 8.58. The zero-order valence-electron chi connectivity index (χ0n) is 13.8. The first kappa shape index (κ1) is 16.9. The Morgan fingerprint density at radius 3 is 2.67 bits per heavy atom. The van der Waals surface area contributed by atoms with Crippen LogP contribution in [0, 0.1) is 5.82 Å². The summed E-state index contributed by atoms with van der Waals surface area (Å²) in [5, 5.41) is 20.0. The Balaban J connectivity index is 1.48. The van der Waals surface area contributed by atoms with Gasteiger partial charge in [0, 0.05) is 13.1 Å². The number of hydrogen-bond donors (Lipinski definition) is 2. The lowest BCUT2D eigenvalue weighted by molar-refractivity contribution is 0.119. The zero-order valence-corrected chi connectivity index (χ0v) is 13.8. The van der Waals surface area contributed by atoms with Crippen molar-refractivity contribution in [2.45, 2.75) is 31.8 Å². The topological polar surface area (TPSA) is 43.7 Å². The van der Waals surface area contributed by atoms with Crippen LogP contribution >= 0.6 is 0 Å². The molecule has 0 aliphatic carbocycles. The molecule has 24 heavy (non-hydrogen) atoms. The molecule has 2 aromatic carbocycles. The van der Waals surface area contributed by atoms with Crippen molar-refractivity contribution in [2.24, 2.45) is 0 Å². The molecular formula is C20H24FNO2. The summed E-state index contributed by atoms with van der Waals surface area (Å²) in [6.45, 7) is 2.47. The molecular weight excluding hydrogens is 305 g/mol. The van der Waals surface area contributed by atoms with Gasteiger partial charge in [-0.2, -0.15) is 0 Å². The van der Waals surface area contributed by atoms with Crippen LogP contribution in [0.1, 0.15) is 35.6 Å². The fraction of sp³-hybridized carbons (Fsp3) is 0.400. The van der Waals surface area contributed by atoms with Crippen molar-refractivity contribution in [3.05, 3.63) is 65.0 Å². The van der Waals surface area contributed by atoms with E-state index in [1.165, 1.54) is 12.1 Å². The SMILES string of the molecule is Oc1ccc2c(c1)CCN(CCCCc1ccc(F)cc1)CC2O. The summed E-state index contributed by atoms with van der Waals surface area (Å²) in [6.07, 6.45) is 3.39. The van der Waals surface area contributed by atoms with Crippen molar-refractivity contribution in [3.63, 3.8) is 0 Å². The van der Waals surface area contributed by atoms with Gasteiger partial charge in [-0.15, -0.1) is 0 Å². The fourth-order valence-corrected chi connectivity index (χ4v) is 3.37. The van der Waals surface area contributed by atoms with Crippen LogP contribution in [-0.2, 0) is 12.8 Å². The van der Waals surface area contributed by atoms with Crippen molar-refractivity contribution < 1.29 is 14.6 Å². The lowest BCUT2D eigenvalue weighted by Crippen LogP contribution is -2.29. The Kier molecular flexibility index (Phi) is 5.48. The third-order valence-corrected chi connectivity index (χ3v) is 4.72. The summed E-state index contributed by atoms with van der Waals surface area (Å²) < 4.78 is 12.9. The Hall–Kier alpha value is -1.91. The van der Waals surface area contributed by atoms with Gasteiger partial charge in [-0.3, -0.25) is 0 Å². The number of hydrogen-bond acceptors (Lipinski definition) is 3. The molecule has 1 atom stereocenters. The van der Waals surface area contributed by atoms with Gasteiger partial charge in [-0.05, 0) is 73.2 Å². The van der Waals surface area contributed by atoms with E-state index in [0.29, 0.717) is 6.54 Å². The minimum atomic E-state index is -0.500. The third kappa shape index (κ3) is 4.34. The Morgan fingerprint density at radius 1 is 1.08 bits per heavy atom. The molecule has 3 rings (SSSR count). The lowest BCUT2D eigenvalue weighted by Gasteiger charge is -2.22. The second-order valence-corrected chi connectivity index (χ2v) is 6.53. The summed E-state index contributed by atoms with van der Waals surface area (Å²) in [4.78, 5) is 2.28. The number of aliphatic hydroxyl groups is 1.